The second-order valence-electron chi connectivity index (χ2n) is 2.20. The van der Waals surface area contributed by atoms with E-state index in [4.69, 9.17) is 0 Å². The van der Waals surface area contributed by atoms with Crippen molar-refractivity contribution >= 4 is 11.5 Å². The monoisotopic (exact) mass is 156 g/mol. The van der Waals surface area contributed by atoms with E-state index in [1.165, 1.54) is 11.5 Å². The minimum absolute atomic E-state index is 0.399. The predicted molar refractivity (Wildman–Crippen MR) is 44.2 cm³/mol. The molecule has 0 saturated heterocycles. The Balaban J connectivity index is 2.50. The highest BCUT2D eigenvalue weighted by atomic mass is 32.1. The van der Waals surface area contributed by atoms with E-state index in [-0.39, 0.29) is 0 Å². The lowest BCUT2D eigenvalue weighted by atomic mass is 10.2. The summed E-state index contributed by atoms with van der Waals surface area (Å²) in [5.41, 5.74) is 1.15. The standard InChI is InChI=1S/C7H12N2S/c1-3-8-6(2)7-4-5-10-9-7/h4-6,8H,3H2,1-2H3. The molecule has 1 aromatic heterocycles. The smallest absolute Gasteiger partial charge is 0.0708 e. The van der Waals surface area contributed by atoms with Crippen LogP contribution in [0.4, 0.5) is 0 Å². The van der Waals surface area contributed by atoms with Gasteiger partial charge in [0.1, 0.15) is 0 Å². The van der Waals surface area contributed by atoms with E-state index in [9.17, 15) is 0 Å². The van der Waals surface area contributed by atoms with Crippen LogP contribution >= 0.6 is 11.5 Å². The third kappa shape index (κ3) is 1.78. The van der Waals surface area contributed by atoms with Gasteiger partial charge in [0.2, 0.25) is 0 Å². The van der Waals surface area contributed by atoms with Gasteiger partial charge in [-0.15, -0.1) is 0 Å². The first-order chi connectivity index (χ1) is 4.84. The van der Waals surface area contributed by atoms with Crippen LogP contribution in [0.25, 0.3) is 0 Å². The molecule has 0 fully saturated rings. The SMILES string of the molecule is CCNC(C)c1ccsn1. The van der Waals surface area contributed by atoms with Crippen molar-refractivity contribution in [3.05, 3.63) is 17.1 Å². The lowest BCUT2D eigenvalue weighted by Crippen LogP contribution is -2.17. The van der Waals surface area contributed by atoms with Crippen molar-refractivity contribution < 1.29 is 0 Å². The normalized spacial score (nSPS) is 13.4. The molecule has 3 heteroatoms. The Bertz CT molecular complexity index is 172. The van der Waals surface area contributed by atoms with Crippen molar-refractivity contribution in [1.82, 2.24) is 9.69 Å². The number of nitrogens with one attached hydrogen (secondary N) is 1. The summed E-state index contributed by atoms with van der Waals surface area (Å²) in [6.07, 6.45) is 0. The second-order valence-corrected chi connectivity index (χ2v) is 2.87. The molecule has 10 heavy (non-hydrogen) atoms. The summed E-state index contributed by atoms with van der Waals surface area (Å²) >= 11 is 1.50. The molecule has 0 bridgehead atoms. The van der Waals surface area contributed by atoms with E-state index < -0.39 is 0 Å². The molecule has 1 atom stereocenters. The van der Waals surface area contributed by atoms with Crippen LogP contribution in [0.2, 0.25) is 0 Å². The first-order valence-electron chi connectivity index (χ1n) is 3.48. The molecule has 0 aliphatic rings. The van der Waals surface area contributed by atoms with Gasteiger partial charge in [0.25, 0.3) is 0 Å². The number of aromatic nitrogens is 1. The van der Waals surface area contributed by atoms with E-state index >= 15 is 0 Å². The van der Waals surface area contributed by atoms with Gasteiger partial charge in [0.05, 0.1) is 5.69 Å². The highest BCUT2D eigenvalue weighted by Gasteiger charge is 2.03. The summed E-state index contributed by atoms with van der Waals surface area (Å²) in [6.45, 7) is 5.22. The van der Waals surface area contributed by atoms with Crippen molar-refractivity contribution in [2.45, 2.75) is 19.9 Å². The largest absolute Gasteiger partial charge is 0.309 e. The molecule has 0 spiro atoms. The van der Waals surface area contributed by atoms with Crippen molar-refractivity contribution in [2.24, 2.45) is 0 Å². The Morgan fingerprint density at radius 2 is 2.60 bits per heavy atom. The van der Waals surface area contributed by atoms with Gasteiger partial charge in [-0.25, -0.2) is 0 Å². The molecule has 1 aromatic rings. The highest BCUT2D eigenvalue weighted by molar-refractivity contribution is 7.03. The van der Waals surface area contributed by atoms with Gasteiger partial charge in [-0.2, -0.15) is 4.37 Å². The zero-order valence-corrected chi connectivity index (χ0v) is 7.11. The number of nitrogens with zero attached hydrogens (tertiary/aromatic N) is 1. The van der Waals surface area contributed by atoms with Crippen molar-refractivity contribution in [1.29, 1.82) is 0 Å². The Hall–Kier alpha value is -0.410. The first-order valence-corrected chi connectivity index (χ1v) is 4.32. The highest BCUT2D eigenvalue weighted by Crippen LogP contribution is 2.09. The average Bonchev–Trinajstić information content (AvgIpc) is 2.38. The van der Waals surface area contributed by atoms with Crippen molar-refractivity contribution in [2.75, 3.05) is 6.54 Å². The maximum absolute atomic E-state index is 4.21. The van der Waals surface area contributed by atoms with Crippen molar-refractivity contribution in [3.63, 3.8) is 0 Å². The molecule has 1 heterocycles. The summed E-state index contributed by atoms with van der Waals surface area (Å²) in [7, 11) is 0. The molecule has 0 aliphatic carbocycles. The minimum atomic E-state index is 0.399. The molecule has 0 aliphatic heterocycles. The third-order valence-electron chi connectivity index (χ3n) is 1.41. The van der Waals surface area contributed by atoms with Gasteiger partial charge in [0, 0.05) is 11.4 Å². The Morgan fingerprint density at radius 3 is 3.10 bits per heavy atom. The topological polar surface area (TPSA) is 24.9 Å². The fourth-order valence-electron chi connectivity index (χ4n) is 0.856. The van der Waals surface area contributed by atoms with Crippen molar-refractivity contribution in [3.8, 4) is 0 Å². The van der Waals surface area contributed by atoms with Crippen LogP contribution in [0.5, 0.6) is 0 Å². The van der Waals surface area contributed by atoms with E-state index in [0.717, 1.165) is 12.2 Å². The van der Waals surface area contributed by atoms with Gasteiger partial charge in [-0.3, -0.25) is 0 Å². The van der Waals surface area contributed by atoms with Crippen LogP contribution in [0.1, 0.15) is 25.6 Å². The lowest BCUT2D eigenvalue weighted by molar-refractivity contribution is 0.588. The van der Waals surface area contributed by atoms with Gasteiger partial charge < -0.3 is 5.32 Å². The molecule has 1 unspecified atom stereocenters. The fourth-order valence-corrected chi connectivity index (χ4v) is 1.46. The zero-order valence-electron chi connectivity index (χ0n) is 6.29. The van der Waals surface area contributed by atoms with E-state index in [1.54, 1.807) is 0 Å². The van der Waals surface area contributed by atoms with Crippen LogP contribution < -0.4 is 5.32 Å². The first kappa shape index (κ1) is 7.69. The molecule has 56 valence electrons. The Morgan fingerprint density at radius 1 is 1.80 bits per heavy atom. The van der Waals surface area contributed by atoms with E-state index in [0.29, 0.717) is 6.04 Å². The minimum Gasteiger partial charge on any atom is -0.309 e. The summed E-state index contributed by atoms with van der Waals surface area (Å²) in [5, 5.41) is 5.30. The molecule has 0 radical (unpaired) electrons. The predicted octanol–water partition coefficient (Wildman–Crippen LogP) is 1.81. The summed E-state index contributed by atoms with van der Waals surface area (Å²) in [5.74, 6) is 0. The van der Waals surface area contributed by atoms with E-state index in [1.807, 2.05) is 5.38 Å². The number of rotatable bonds is 3. The molecule has 1 N–H and O–H groups in total. The van der Waals surface area contributed by atoms with Gasteiger partial charge >= 0.3 is 0 Å². The Labute approximate surface area is 65.4 Å². The Kier molecular flexibility index (Phi) is 2.83. The quantitative estimate of drug-likeness (QED) is 0.722. The average molecular weight is 156 g/mol. The van der Waals surface area contributed by atoms with Gasteiger partial charge in [0.15, 0.2) is 0 Å². The fraction of sp³-hybridized carbons (Fsp3) is 0.571. The third-order valence-corrected chi connectivity index (χ3v) is 1.99. The second kappa shape index (κ2) is 3.68. The molecule has 0 amide bonds. The van der Waals surface area contributed by atoms with Gasteiger partial charge in [-0.05, 0) is 31.1 Å². The number of hydrogen-bond donors (Lipinski definition) is 1. The van der Waals surface area contributed by atoms with Crippen LogP contribution in [0.15, 0.2) is 11.4 Å². The molecule has 0 aromatic carbocycles. The molecule has 0 saturated carbocycles. The molecular weight excluding hydrogens is 144 g/mol. The van der Waals surface area contributed by atoms with Gasteiger partial charge in [-0.1, -0.05) is 6.92 Å². The maximum Gasteiger partial charge on any atom is 0.0708 e. The van der Waals surface area contributed by atoms with Crippen LogP contribution in [-0.2, 0) is 0 Å². The molecular formula is C7H12N2S. The summed E-state index contributed by atoms with van der Waals surface area (Å²) < 4.78 is 4.21. The summed E-state index contributed by atoms with van der Waals surface area (Å²) in [4.78, 5) is 0. The van der Waals surface area contributed by atoms with Crippen LogP contribution in [0.3, 0.4) is 0 Å². The maximum atomic E-state index is 4.21. The lowest BCUT2D eigenvalue weighted by Gasteiger charge is -2.07. The van der Waals surface area contributed by atoms with E-state index in [2.05, 4.69) is 29.6 Å². The summed E-state index contributed by atoms with van der Waals surface area (Å²) in [6, 6.07) is 2.45. The zero-order chi connectivity index (χ0) is 7.40. The molecule has 2 nitrogen and oxygen atoms in total. The van der Waals surface area contributed by atoms with Crippen LogP contribution in [0, 0.1) is 0 Å². The number of hydrogen-bond acceptors (Lipinski definition) is 3. The molecule has 1 rings (SSSR count). The van der Waals surface area contributed by atoms with Crippen LogP contribution in [-0.4, -0.2) is 10.9 Å².